The van der Waals surface area contributed by atoms with Gasteiger partial charge in [0.2, 0.25) is 0 Å². The molecular weight excluding hydrogens is 504 g/mol. The Hall–Kier alpha value is -1.95. The van der Waals surface area contributed by atoms with Gasteiger partial charge in [-0.2, -0.15) is 5.10 Å². The smallest absolute Gasteiger partial charge is 0.267 e. The Labute approximate surface area is 185 Å². The molecule has 1 aliphatic heterocycles. The van der Waals surface area contributed by atoms with Crippen molar-refractivity contribution in [3.63, 3.8) is 0 Å². The summed E-state index contributed by atoms with van der Waals surface area (Å²) in [6.45, 7) is 0. The Bertz CT molecular complexity index is 1050. The normalized spacial score (nSPS) is 16.2. The van der Waals surface area contributed by atoms with Gasteiger partial charge in [-0.15, -0.1) is 0 Å². The lowest BCUT2D eigenvalue weighted by Crippen LogP contribution is -2.27. The van der Waals surface area contributed by atoms with E-state index in [9.17, 15) is 4.79 Å². The first kappa shape index (κ1) is 19.4. The molecule has 4 rings (SSSR count). The lowest BCUT2D eigenvalue weighted by Gasteiger charge is -2.22. The summed E-state index contributed by atoms with van der Waals surface area (Å²) in [5.41, 5.74) is 3.35. The van der Waals surface area contributed by atoms with Gasteiger partial charge in [-0.1, -0.05) is 79.9 Å². The SMILES string of the molecule is O=C(c1ccccc1Cl)N1N=C(c2ccc(Br)cc2)C[C@H]1c1ccc(Br)cc1. The minimum absolute atomic E-state index is 0.185. The van der Waals surface area contributed by atoms with Crippen LogP contribution in [0.3, 0.4) is 0 Å². The molecule has 6 heteroatoms. The fourth-order valence-electron chi connectivity index (χ4n) is 3.22. The molecule has 0 saturated heterocycles. The van der Waals surface area contributed by atoms with E-state index in [1.165, 1.54) is 0 Å². The molecule has 0 spiro atoms. The fourth-order valence-corrected chi connectivity index (χ4v) is 3.96. The van der Waals surface area contributed by atoms with Gasteiger partial charge < -0.3 is 0 Å². The predicted octanol–water partition coefficient (Wildman–Crippen LogP) is 6.86. The molecule has 0 bridgehead atoms. The number of rotatable bonds is 3. The molecule has 3 aromatic rings. The van der Waals surface area contributed by atoms with Gasteiger partial charge in [0.25, 0.3) is 5.91 Å². The third-order valence-corrected chi connectivity index (χ3v) is 6.04. The topological polar surface area (TPSA) is 32.7 Å². The van der Waals surface area contributed by atoms with Crippen molar-refractivity contribution in [2.24, 2.45) is 5.10 Å². The van der Waals surface area contributed by atoms with Gasteiger partial charge in [0.05, 0.1) is 22.3 Å². The Kier molecular flexibility index (Phi) is 5.67. The van der Waals surface area contributed by atoms with Gasteiger partial charge >= 0.3 is 0 Å². The number of hydrazone groups is 1. The summed E-state index contributed by atoms with van der Waals surface area (Å²) in [4.78, 5) is 13.3. The van der Waals surface area contributed by atoms with Crippen LogP contribution in [0.1, 0.15) is 33.9 Å². The molecule has 1 amide bonds. The van der Waals surface area contributed by atoms with Crippen molar-refractivity contribution < 1.29 is 4.79 Å². The average molecular weight is 519 g/mol. The van der Waals surface area contributed by atoms with E-state index in [-0.39, 0.29) is 11.9 Å². The van der Waals surface area contributed by atoms with Crippen LogP contribution in [0.25, 0.3) is 0 Å². The molecule has 1 atom stereocenters. The van der Waals surface area contributed by atoms with E-state index in [1.807, 2.05) is 60.7 Å². The van der Waals surface area contributed by atoms with Crippen LogP contribution in [-0.2, 0) is 0 Å². The molecule has 0 aromatic heterocycles. The molecule has 0 radical (unpaired) electrons. The van der Waals surface area contributed by atoms with Crippen LogP contribution in [-0.4, -0.2) is 16.6 Å². The number of carbonyl (C=O) groups is 1. The highest BCUT2D eigenvalue weighted by atomic mass is 79.9. The second kappa shape index (κ2) is 8.19. The second-order valence-electron chi connectivity index (χ2n) is 6.45. The zero-order valence-corrected chi connectivity index (χ0v) is 18.6. The van der Waals surface area contributed by atoms with Crippen molar-refractivity contribution in [2.75, 3.05) is 0 Å². The van der Waals surface area contributed by atoms with Crippen LogP contribution in [0.5, 0.6) is 0 Å². The highest BCUT2D eigenvalue weighted by Gasteiger charge is 2.34. The second-order valence-corrected chi connectivity index (χ2v) is 8.69. The summed E-state index contributed by atoms with van der Waals surface area (Å²) < 4.78 is 2.00. The van der Waals surface area contributed by atoms with E-state index >= 15 is 0 Å². The molecular formula is C22H15Br2ClN2O. The first-order valence-electron chi connectivity index (χ1n) is 8.70. The molecule has 28 heavy (non-hydrogen) atoms. The number of nitrogens with zero attached hydrogens (tertiary/aromatic N) is 2. The summed E-state index contributed by atoms with van der Waals surface area (Å²) in [7, 11) is 0. The largest absolute Gasteiger partial charge is 0.276 e. The molecule has 0 unspecified atom stereocenters. The highest BCUT2D eigenvalue weighted by Crippen LogP contribution is 2.35. The Morgan fingerprint density at radius 1 is 0.929 bits per heavy atom. The van der Waals surface area contributed by atoms with Crippen molar-refractivity contribution in [3.8, 4) is 0 Å². The maximum Gasteiger partial charge on any atom is 0.276 e. The quantitative estimate of drug-likeness (QED) is 0.373. The molecule has 0 fully saturated rings. The van der Waals surface area contributed by atoms with Crippen molar-refractivity contribution in [1.82, 2.24) is 5.01 Å². The van der Waals surface area contributed by atoms with E-state index in [0.717, 1.165) is 25.8 Å². The van der Waals surface area contributed by atoms with Crippen molar-refractivity contribution >= 4 is 55.1 Å². The van der Waals surface area contributed by atoms with E-state index in [1.54, 1.807) is 17.1 Å². The van der Waals surface area contributed by atoms with Crippen LogP contribution in [0.15, 0.2) is 86.8 Å². The minimum atomic E-state index is -0.203. The zero-order valence-electron chi connectivity index (χ0n) is 14.6. The number of amides is 1. The number of hydrogen-bond donors (Lipinski definition) is 0. The van der Waals surface area contributed by atoms with Gasteiger partial charge in [-0.05, 0) is 47.5 Å². The lowest BCUT2D eigenvalue weighted by molar-refractivity contribution is 0.0711. The van der Waals surface area contributed by atoms with Gasteiger partial charge in [-0.25, -0.2) is 5.01 Å². The molecule has 3 aromatic carbocycles. The number of benzene rings is 3. The fraction of sp³-hybridized carbons (Fsp3) is 0.0909. The number of halogens is 3. The summed E-state index contributed by atoms with van der Waals surface area (Å²) in [6.07, 6.45) is 0.638. The van der Waals surface area contributed by atoms with Crippen LogP contribution in [0.2, 0.25) is 5.02 Å². The monoisotopic (exact) mass is 516 g/mol. The summed E-state index contributed by atoms with van der Waals surface area (Å²) in [5.74, 6) is -0.203. The molecule has 0 saturated carbocycles. The highest BCUT2D eigenvalue weighted by molar-refractivity contribution is 9.10. The van der Waals surface area contributed by atoms with Crippen molar-refractivity contribution in [2.45, 2.75) is 12.5 Å². The van der Waals surface area contributed by atoms with Crippen LogP contribution < -0.4 is 0 Å². The zero-order chi connectivity index (χ0) is 19.7. The molecule has 140 valence electrons. The van der Waals surface area contributed by atoms with Gasteiger partial charge in [0, 0.05) is 15.4 Å². The van der Waals surface area contributed by atoms with Crippen LogP contribution in [0, 0.1) is 0 Å². The molecule has 0 aliphatic carbocycles. The van der Waals surface area contributed by atoms with E-state index in [0.29, 0.717) is 17.0 Å². The Morgan fingerprint density at radius 3 is 2.18 bits per heavy atom. The van der Waals surface area contributed by atoms with Gasteiger partial charge in [-0.3, -0.25) is 4.79 Å². The summed E-state index contributed by atoms with van der Waals surface area (Å²) in [6, 6.07) is 22.8. The summed E-state index contributed by atoms with van der Waals surface area (Å²) >= 11 is 13.2. The first-order chi connectivity index (χ1) is 13.5. The molecule has 1 heterocycles. The molecule has 0 N–H and O–H groups in total. The average Bonchev–Trinajstić information content (AvgIpc) is 3.14. The van der Waals surface area contributed by atoms with Crippen LogP contribution >= 0.6 is 43.5 Å². The van der Waals surface area contributed by atoms with Gasteiger partial charge in [0.1, 0.15) is 0 Å². The number of hydrogen-bond acceptors (Lipinski definition) is 2. The van der Waals surface area contributed by atoms with E-state index < -0.39 is 0 Å². The van der Waals surface area contributed by atoms with Crippen molar-refractivity contribution in [3.05, 3.63) is 103 Å². The lowest BCUT2D eigenvalue weighted by atomic mass is 9.98. The summed E-state index contributed by atoms with van der Waals surface area (Å²) in [5, 5.41) is 6.68. The maximum absolute atomic E-state index is 13.3. The standard InChI is InChI=1S/C22H15Br2ClN2O/c23-16-9-5-14(6-10-16)20-13-21(15-7-11-17(24)12-8-15)27(26-20)22(28)18-3-1-2-4-19(18)25/h1-12,21H,13H2/t21-/m0/s1. The first-order valence-corrected chi connectivity index (χ1v) is 10.7. The van der Waals surface area contributed by atoms with E-state index in [4.69, 9.17) is 16.7 Å². The Balaban J connectivity index is 1.75. The predicted molar refractivity (Wildman–Crippen MR) is 120 cm³/mol. The minimum Gasteiger partial charge on any atom is -0.267 e. The van der Waals surface area contributed by atoms with E-state index in [2.05, 4.69) is 31.9 Å². The molecule has 1 aliphatic rings. The maximum atomic E-state index is 13.3. The van der Waals surface area contributed by atoms with Gasteiger partial charge in [0.15, 0.2) is 0 Å². The molecule has 3 nitrogen and oxygen atoms in total. The van der Waals surface area contributed by atoms with Crippen LogP contribution in [0.4, 0.5) is 0 Å². The Morgan fingerprint density at radius 2 is 1.54 bits per heavy atom. The number of carbonyl (C=O) groups excluding carboxylic acids is 1. The third-order valence-electron chi connectivity index (χ3n) is 4.65. The third kappa shape index (κ3) is 3.93. The van der Waals surface area contributed by atoms with Crippen molar-refractivity contribution in [1.29, 1.82) is 0 Å².